The second-order valence-corrected chi connectivity index (χ2v) is 17.0. The van der Waals surface area contributed by atoms with E-state index in [1.54, 1.807) is 79.7 Å². The van der Waals surface area contributed by atoms with E-state index in [4.69, 9.17) is 136 Å². The number of carboxylic acids is 1. The average molecular weight is 1080 g/mol. The summed E-state index contributed by atoms with van der Waals surface area (Å²) < 4.78 is 43.8. The van der Waals surface area contributed by atoms with Crippen molar-refractivity contribution in [3.63, 3.8) is 0 Å². The first-order valence-electron chi connectivity index (χ1n) is 17.1. The predicted octanol–water partition coefficient (Wildman–Crippen LogP) is 15.3. The third-order valence-electron chi connectivity index (χ3n) is 7.10. The van der Waals surface area contributed by atoms with E-state index in [1.165, 1.54) is 18.2 Å². The minimum absolute atomic E-state index is 0.0270. The Labute approximate surface area is 414 Å². The van der Waals surface area contributed by atoms with Gasteiger partial charge in [0, 0.05) is 11.1 Å². The van der Waals surface area contributed by atoms with Crippen LogP contribution in [0.1, 0.15) is 44.3 Å². The highest BCUT2D eigenvalue weighted by atomic mass is 35.5. The lowest BCUT2D eigenvalue weighted by atomic mass is 10.1. The summed E-state index contributed by atoms with van der Waals surface area (Å²) in [5, 5.41) is 29.3. The van der Waals surface area contributed by atoms with Crippen LogP contribution in [0.4, 0.5) is 4.39 Å². The molecule has 5 aromatic rings. The van der Waals surface area contributed by atoms with Gasteiger partial charge in [-0.3, -0.25) is 8.98 Å². The fourth-order valence-electron chi connectivity index (χ4n) is 4.20. The molecule has 0 aliphatic rings. The van der Waals surface area contributed by atoms with Gasteiger partial charge in [0.05, 0.1) is 87.7 Å². The van der Waals surface area contributed by atoms with E-state index in [1.807, 2.05) is 12.1 Å². The quantitative estimate of drug-likeness (QED) is 0.0623. The van der Waals surface area contributed by atoms with E-state index in [-0.39, 0.29) is 45.2 Å². The fourth-order valence-corrected chi connectivity index (χ4v) is 6.43. The number of alkyl halides is 1. The fraction of sp³-hybridized carbons (Fsp3) is 0.143. The van der Waals surface area contributed by atoms with Gasteiger partial charge in [0.25, 0.3) is 10.1 Å². The molecule has 0 spiro atoms. The number of nitriles is 2. The Hall–Kier alpha value is -3.50. The number of benzene rings is 5. The summed E-state index contributed by atoms with van der Waals surface area (Å²) in [4.78, 5) is 20.7. The Morgan fingerprint density at radius 3 is 1.52 bits per heavy atom. The summed E-state index contributed by atoms with van der Waals surface area (Å²) in [6.45, 7) is 1.03. The molecular formula is C42H31Cl10FN2O7S. The number of rotatable bonds is 10. The van der Waals surface area contributed by atoms with Crippen LogP contribution in [-0.4, -0.2) is 45.3 Å². The van der Waals surface area contributed by atoms with Crippen molar-refractivity contribution in [2.24, 2.45) is 0 Å². The molecule has 5 aromatic carbocycles. The van der Waals surface area contributed by atoms with Gasteiger partial charge in [-0.2, -0.15) is 18.9 Å². The Morgan fingerprint density at radius 2 is 1.11 bits per heavy atom. The number of hydrogen-bond acceptors (Lipinski definition) is 8. The lowest BCUT2D eigenvalue weighted by Crippen LogP contribution is -2.02. The first-order chi connectivity index (χ1) is 29.7. The number of carboxylic acid groups (broad SMARTS) is 1. The number of carbonyl (C=O) groups excluding carboxylic acids is 1. The van der Waals surface area contributed by atoms with Crippen LogP contribution in [-0.2, 0) is 32.1 Å². The first-order valence-corrected chi connectivity index (χ1v) is 22.7. The molecular weight excluding hydrogens is 1050 g/mol. The summed E-state index contributed by atoms with van der Waals surface area (Å²) in [6, 6.07) is 28.4. The van der Waals surface area contributed by atoms with E-state index in [0.29, 0.717) is 64.6 Å². The Kier molecular flexibility index (Phi) is 27.2. The number of ether oxygens (including phenoxy) is 1. The molecule has 1 N–H and O–H groups in total. The smallest absolute Gasteiger partial charge is 0.337 e. The molecule has 0 bridgehead atoms. The van der Waals surface area contributed by atoms with E-state index in [9.17, 15) is 22.4 Å². The number of halogens is 11. The van der Waals surface area contributed by atoms with Crippen LogP contribution in [0.2, 0.25) is 50.2 Å². The number of aromatic carboxylic acids is 1. The standard InChI is InChI=1S/C12H10Cl2FNO.C8H5Cl2N.C8H8Cl2O3S.C7H4Cl2O2.C7H4Cl2O/c1-2-17-11(6-15)9(7-16)8-4-3-5-10(13)12(8)14;9-7-3-1-2-6(4-5-11)8(7)10;1-14(11,12)13-5-6-3-2-4-7(9)8(6)10;8-5-3-1-2-4(6(5)9)7(10)11;8-6-3-1-2-5(4-10)7(6)9/h3-5H,2,6H2,1H3;1-3H,4H2;2-4H,5H2,1H3;1-3H,(H,10,11);1-4H/b11-9+;;;;. The molecule has 0 saturated heterocycles. The van der Waals surface area contributed by atoms with E-state index >= 15 is 0 Å². The Bertz CT molecular complexity index is 2590. The van der Waals surface area contributed by atoms with Crippen molar-refractivity contribution in [3.05, 3.63) is 175 Å². The predicted molar refractivity (Wildman–Crippen MR) is 254 cm³/mol. The monoisotopic (exact) mass is 1080 g/mol. The molecule has 0 unspecified atom stereocenters. The summed E-state index contributed by atoms with van der Waals surface area (Å²) >= 11 is 57.2. The second-order valence-electron chi connectivity index (χ2n) is 11.5. The molecule has 0 atom stereocenters. The van der Waals surface area contributed by atoms with Crippen molar-refractivity contribution in [2.75, 3.05) is 19.5 Å². The highest BCUT2D eigenvalue weighted by molar-refractivity contribution is 7.85. The normalized spacial score (nSPS) is 10.5. The van der Waals surface area contributed by atoms with E-state index in [2.05, 4.69) is 4.18 Å². The van der Waals surface area contributed by atoms with E-state index in [0.717, 1.165) is 11.8 Å². The van der Waals surface area contributed by atoms with Crippen molar-refractivity contribution < 1.29 is 36.4 Å². The number of carbonyl (C=O) groups is 2. The zero-order chi connectivity index (χ0) is 47.9. The van der Waals surface area contributed by atoms with Crippen molar-refractivity contribution in [1.29, 1.82) is 10.5 Å². The molecule has 0 aromatic heterocycles. The minimum Gasteiger partial charge on any atom is -0.494 e. The molecule has 0 saturated carbocycles. The van der Waals surface area contributed by atoms with Crippen LogP contribution in [0.25, 0.3) is 5.57 Å². The average Bonchev–Trinajstić information content (AvgIpc) is 3.24. The van der Waals surface area contributed by atoms with Gasteiger partial charge in [0.1, 0.15) is 24.1 Å². The van der Waals surface area contributed by atoms with Crippen LogP contribution in [0.15, 0.2) is 96.8 Å². The van der Waals surface area contributed by atoms with E-state index < -0.39 is 22.8 Å². The van der Waals surface area contributed by atoms with Gasteiger partial charge in [-0.1, -0.05) is 171 Å². The van der Waals surface area contributed by atoms with Gasteiger partial charge in [-0.25, -0.2) is 9.18 Å². The van der Waals surface area contributed by atoms with Gasteiger partial charge in [-0.05, 0) is 54.4 Å². The third-order valence-corrected chi connectivity index (χ3v) is 11.8. The maximum Gasteiger partial charge on any atom is 0.337 e. The largest absolute Gasteiger partial charge is 0.494 e. The van der Waals surface area contributed by atoms with Gasteiger partial charge < -0.3 is 9.84 Å². The van der Waals surface area contributed by atoms with Gasteiger partial charge in [-0.15, -0.1) is 0 Å². The van der Waals surface area contributed by atoms with Crippen LogP contribution < -0.4 is 0 Å². The molecule has 0 aliphatic carbocycles. The maximum absolute atomic E-state index is 12.8. The SMILES string of the molecule is CCO/C(CF)=C(\C#N)c1cccc(Cl)c1Cl.CS(=O)(=O)OCc1cccc(Cl)c1Cl.N#CCc1cccc(Cl)c1Cl.O=C(O)c1cccc(Cl)c1Cl.O=Cc1cccc(Cl)c1Cl. The molecule has 334 valence electrons. The Morgan fingerprint density at radius 1 is 0.683 bits per heavy atom. The van der Waals surface area contributed by atoms with Crippen molar-refractivity contribution in [3.8, 4) is 12.1 Å². The summed E-state index contributed by atoms with van der Waals surface area (Å²) in [5.41, 5.74) is 2.23. The molecule has 0 amide bonds. The van der Waals surface area contributed by atoms with Crippen molar-refractivity contribution in [2.45, 2.75) is 20.0 Å². The lowest BCUT2D eigenvalue weighted by Gasteiger charge is -2.10. The van der Waals surface area contributed by atoms with Gasteiger partial charge >= 0.3 is 5.97 Å². The van der Waals surface area contributed by atoms with Crippen molar-refractivity contribution >= 4 is 144 Å². The zero-order valence-corrected chi connectivity index (χ0v) is 40.8. The van der Waals surface area contributed by atoms with Crippen LogP contribution in [0, 0.1) is 22.7 Å². The molecule has 63 heavy (non-hydrogen) atoms. The molecule has 0 radical (unpaired) electrons. The number of nitrogens with zero attached hydrogens (tertiary/aromatic N) is 2. The molecule has 5 rings (SSSR count). The highest BCUT2D eigenvalue weighted by Crippen LogP contribution is 2.32. The number of aldehydes is 1. The van der Waals surface area contributed by atoms with Crippen LogP contribution in [0.5, 0.6) is 0 Å². The summed E-state index contributed by atoms with van der Waals surface area (Å²) in [7, 11) is -3.45. The second kappa shape index (κ2) is 29.8. The molecule has 21 heteroatoms. The first kappa shape index (κ1) is 57.5. The molecule has 0 aliphatic heterocycles. The molecule has 0 fully saturated rings. The molecule has 9 nitrogen and oxygen atoms in total. The highest BCUT2D eigenvalue weighted by Gasteiger charge is 2.15. The van der Waals surface area contributed by atoms with Crippen LogP contribution in [0.3, 0.4) is 0 Å². The minimum atomic E-state index is -3.45. The maximum atomic E-state index is 12.8. The number of hydrogen-bond donors (Lipinski definition) is 1. The third kappa shape index (κ3) is 20.1. The number of allylic oxidation sites excluding steroid dienone is 2. The molecule has 0 heterocycles. The van der Waals surface area contributed by atoms with Gasteiger partial charge in [0.2, 0.25) is 0 Å². The van der Waals surface area contributed by atoms with Crippen LogP contribution >= 0.6 is 116 Å². The van der Waals surface area contributed by atoms with Gasteiger partial charge in [0.15, 0.2) is 6.29 Å². The lowest BCUT2D eigenvalue weighted by molar-refractivity contribution is 0.0696. The summed E-state index contributed by atoms with van der Waals surface area (Å²) in [6.07, 6.45) is 1.96. The van der Waals surface area contributed by atoms with Crippen molar-refractivity contribution in [1.82, 2.24) is 0 Å². The zero-order valence-electron chi connectivity index (χ0n) is 32.4. The Balaban J connectivity index is 0.000000399. The summed E-state index contributed by atoms with van der Waals surface area (Å²) in [5.74, 6) is -1.10. The topological polar surface area (TPSA) is 155 Å².